The predicted molar refractivity (Wildman–Crippen MR) is 86.5 cm³/mol. The number of aryl methyl sites for hydroxylation is 1. The number of para-hydroxylation sites is 1. The summed E-state index contributed by atoms with van der Waals surface area (Å²) < 4.78 is 27.9. The lowest BCUT2D eigenvalue weighted by Crippen LogP contribution is -2.37. The van der Waals surface area contributed by atoms with E-state index in [9.17, 15) is 28.6 Å². The summed E-state index contributed by atoms with van der Waals surface area (Å²) in [7, 11) is 0. The van der Waals surface area contributed by atoms with E-state index in [1.54, 1.807) is 6.07 Å². The van der Waals surface area contributed by atoms with Crippen LogP contribution in [0.4, 0.5) is 8.78 Å². The quantitative estimate of drug-likeness (QED) is 0.744. The highest BCUT2D eigenvalue weighted by Gasteiger charge is 2.32. The molecule has 0 bridgehead atoms. The van der Waals surface area contributed by atoms with Gasteiger partial charge in [-0.25, -0.2) is 4.79 Å². The van der Waals surface area contributed by atoms with E-state index < -0.39 is 29.5 Å². The van der Waals surface area contributed by atoms with Crippen molar-refractivity contribution >= 4 is 16.9 Å². The Kier molecular flexibility index (Phi) is 3.46. The highest BCUT2D eigenvalue weighted by Crippen LogP contribution is 2.38. The number of carboxylic acid groups (broad SMARTS) is 1. The summed E-state index contributed by atoms with van der Waals surface area (Å²) in [6.07, 6.45) is 0.153. The van der Waals surface area contributed by atoms with Crippen LogP contribution in [0.1, 0.15) is 15.9 Å². The number of hydrogen-bond donors (Lipinski definition) is 2. The molecule has 0 saturated heterocycles. The Morgan fingerprint density at radius 3 is 2.69 bits per heavy atom. The van der Waals surface area contributed by atoms with E-state index in [0.29, 0.717) is 12.2 Å². The molecule has 0 spiro atoms. The Balaban J connectivity index is 2.12. The summed E-state index contributed by atoms with van der Waals surface area (Å²) in [4.78, 5) is 28.1. The standard InChI is InChI=1S/C17H12F2N2O5/c18-17(19)26-21-13-9(14(22)12(15(21)23)16(24)25)5-6-20-10-4-2-1-3-8(10)7-11(13)20/h1-4,7,17,22H,5-6H2,(H,24,25). The van der Waals surface area contributed by atoms with Gasteiger partial charge in [-0.15, -0.1) is 4.73 Å². The molecular weight excluding hydrogens is 350 g/mol. The molecule has 0 radical (unpaired) electrons. The first-order chi connectivity index (χ1) is 12.4. The molecule has 2 N–H and O–H groups in total. The fraction of sp³-hybridized carbons (Fsp3) is 0.176. The molecule has 7 nitrogen and oxygen atoms in total. The number of pyridine rings is 1. The molecule has 0 atom stereocenters. The molecule has 3 heterocycles. The molecule has 4 rings (SSSR count). The summed E-state index contributed by atoms with van der Waals surface area (Å²) in [5, 5.41) is 20.3. The van der Waals surface area contributed by atoms with Crippen molar-refractivity contribution < 1.29 is 28.6 Å². The zero-order chi connectivity index (χ0) is 18.6. The van der Waals surface area contributed by atoms with Gasteiger partial charge in [-0.05, 0) is 18.6 Å². The second kappa shape index (κ2) is 5.58. The molecule has 0 aliphatic carbocycles. The number of alkyl halides is 2. The van der Waals surface area contributed by atoms with Crippen molar-refractivity contribution in [3.05, 3.63) is 51.8 Å². The van der Waals surface area contributed by atoms with Gasteiger partial charge < -0.3 is 19.6 Å². The largest absolute Gasteiger partial charge is 0.506 e. The SMILES string of the molecule is O=C(O)c1c(O)c2c(n(OC(F)F)c1=O)-c1cc3ccccc3n1CC2. The van der Waals surface area contributed by atoms with Gasteiger partial charge >= 0.3 is 18.1 Å². The van der Waals surface area contributed by atoms with Gasteiger partial charge in [0.25, 0.3) is 0 Å². The van der Waals surface area contributed by atoms with Gasteiger partial charge in [-0.2, -0.15) is 8.78 Å². The topological polar surface area (TPSA) is 93.7 Å². The summed E-state index contributed by atoms with van der Waals surface area (Å²) in [5.41, 5.74) is -1.12. The second-order valence-electron chi connectivity index (χ2n) is 5.81. The number of carboxylic acids is 1. The molecule has 26 heavy (non-hydrogen) atoms. The number of aromatic carboxylic acids is 1. The maximum atomic E-state index is 12.9. The van der Waals surface area contributed by atoms with Gasteiger partial charge in [0.1, 0.15) is 11.4 Å². The fourth-order valence-electron chi connectivity index (χ4n) is 3.43. The minimum absolute atomic E-state index is 0.0692. The van der Waals surface area contributed by atoms with Crippen molar-refractivity contribution in [2.75, 3.05) is 0 Å². The summed E-state index contributed by atoms with van der Waals surface area (Å²) in [5.74, 6) is -2.43. The molecule has 2 aromatic heterocycles. The molecule has 1 aliphatic heterocycles. The van der Waals surface area contributed by atoms with Crippen molar-refractivity contribution in [1.29, 1.82) is 0 Å². The van der Waals surface area contributed by atoms with E-state index >= 15 is 0 Å². The molecule has 0 fully saturated rings. The highest BCUT2D eigenvalue weighted by atomic mass is 19.3. The number of aromatic hydroxyl groups is 1. The van der Waals surface area contributed by atoms with Gasteiger partial charge in [0.15, 0.2) is 5.56 Å². The molecular formula is C17H12F2N2O5. The lowest BCUT2D eigenvalue weighted by molar-refractivity contribution is -0.134. The van der Waals surface area contributed by atoms with E-state index in [1.807, 2.05) is 28.8 Å². The minimum atomic E-state index is -3.34. The van der Waals surface area contributed by atoms with Crippen LogP contribution in [0.3, 0.4) is 0 Å². The summed E-state index contributed by atoms with van der Waals surface area (Å²) in [6.45, 7) is -2.96. The number of nitrogens with zero attached hydrogens (tertiary/aromatic N) is 2. The normalized spacial score (nSPS) is 12.9. The van der Waals surface area contributed by atoms with Gasteiger partial charge in [-0.3, -0.25) is 4.79 Å². The molecule has 0 saturated carbocycles. The van der Waals surface area contributed by atoms with Crippen LogP contribution in [0, 0.1) is 0 Å². The Labute approximate surface area is 144 Å². The first kappa shape index (κ1) is 16.1. The maximum Gasteiger partial charge on any atom is 0.405 e. The molecule has 0 amide bonds. The fourth-order valence-corrected chi connectivity index (χ4v) is 3.43. The van der Waals surface area contributed by atoms with E-state index in [1.165, 1.54) is 0 Å². The average molecular weight is 362 g/mol. The molecule has 9 heteroatoms. The number of hydrogen-bond acceptors (Lipinski definition) is 4. The molecule has 1 aliphatic rings. The third-order valence-electron chi connectivity index (χ3n) is 4.45. The lowest BCUT2D eigenvalue weighted by atomic mass is 10.00. The average Bonchev–Trinajstić information content (AvgIpc) is 2.96. The number of fused-ring (bicyclic) bond motifs is 5. The Hall–Kier alpha value is -3.36. The smallest absolute Gasteiger partial charge is 0.405 e. The monoisotopic (exact) mass is 362 g/mol. The zero-order valence-electron chi connectivity index (χ0n) is 13.1. The van der Waals surface area contributed by atoms with Crippen LogP contribution in [-0.2, 0) is 13.0 Å². The van der Waals surface area contributed by atoms with Crippen molar-refractivity contribution in [1.82, 2.24) is 9.30 Å². The Morgan fingerprint density at radius 2 is 2.00 bits per heavy atom. The molecule has 3 aromatic rings. The van der Waals surface area contributed by atoms with Gasteiger partial charge in [0.05, 0.1) is 5.69 Å². The van der Waals surface area contributed by atoms with E-state index in [4.69, 9.17) is 0 Å². The van der Waals surface area contributed by atoms with Crippen LogP contribution in [0.2, 0.25) is 0 Å². The van der Waals surface area contributed by atoms with Gasteiger partial charge in [0.2, 0.25) is 0 Å². The van der Waals surface area contributed by atoms with E-state index in [0.717, 1.165) is 10.9 Å². The summed E-state index contributed by atoms with van der Waals surface area (Å²) in [6, 6.07) is 8.97. The first-order valence-electron chi connectivity index (χ1n) is 7.68. The molecule has 1 aromatic carbocycles. The van der Waals surface area contributed by atoms with E-state index in [2.05, 4.69) is 4.84 Å². The van der Waals surface area contributed by atoms with Crippen LogP contribution >= 0.6 is 0 Å². The third kappa shape index (κ3) is 2.17. The Morgan fingerprint density at radius 1 is 1.27 bits per heavy atom. The molecule has 134 valence electrons. The summed E-state index contributed by atoms with van der Waals surface area (Å²) >= 11 is 0. The van der Waals surface area contributed by atoms with Crippen LogP contribution in [0.5, 0.6) is 5.75 Å². The third-order valence-corrected chi connectivity index (χ3v) is 4.45. The minimum Gasteiger partial charge on any atom is -0.506 e. The molecule has 0 unspecified atom stereocenters. The van der Waals surface area contributed by atoms with Crippen LogP contribution in [0.25, 0.3) is 22.3 Å². The van der Waals surface area contributed by atoms with Crippen LogP contribution < -0.4 is 10.4 Å². The lowest BCUT2D eigenvalue weighted by Gasteiger charge is -2.24. The number of benzene rings is 1. The van der Waals surface area contributed by atoms with Crippen molar-refractivity contribution in [3.63, 3.8) is 0 Å². The predicted octanol–water partition coefficient (Wildman–Crippen LogP) is 2.08. The highest BCUT2D eigenvalue weighted by molar-refractivity contribution is 5.93. The van der Waals surface area contributed by atoms with Crippen molar-refractivity contribution in [3.8, 4) is 17.1 Å². The van der Waals surface area contributed by atoms with Crippen LogP contribution in [0.15, 0.2) is 35.1 Å². The maximum absolute atomic E-state index is 12.9. The zero-order valence-corrected chi connectivity index (χ0v) is 13.1. The number of carbonyl (C=O) groups is 1. The Bertz CT molecular complexity index is 1120. The van der Waals surface area contributed by atoms with Crippen molar-refractivity contribution in [2.45, 2.75) is 19.6 Å². The first-order valence-corrected chi connectivity index (χ1v) is 7.68. The van der Waals surface area contributed by atoms with Gasteiger partial charge in [-0.1, -0.05) is 18.2 Å². The van der Waals surface area contributed by atoms with E-state index in [-0.39, 0.29) is 22.4 Å². The number of aromatic nitrogens is 2. The van der Waals surface area contributed by atoms with Crippen molar-refractivity contribution in [2.24, 2.45) is 0 Å². The second-order valence-corrected chi connectivity index (χ2v) is 5.81. The number of halogens is 2. The van der Waals surface area contributed by atoms with Gasteiger partial charge in [0, 0.05) is 23.0 Å². The number of rotatable bonds is 3. The van der Waals surface area contributed by atoms with Crippen LogP contribution in [-0.4, -0.2) is 32.1 Å².